The SMILES string of the molecule is Cc1ccc2c(c1)C1(C)C=C(Br)C(=O)CC1O2. The number of benzene rings is 1. The Morgan fingerprint density at radius 1 is 1.47 bits per heavy atom. The highest BCUT2D eigenvalue weighted by Crippen LogP contribution is 2.48. The molecule has 2 atom stereocenters. The van der Waals surface area contributed by atoms with Gasteiger partial charge < -0.3 is 4.74 Å². The first kappa shape index (κ1) is 11.0. The quantitative estimate of drug-likeness (QED) is 0.734. The molecule has 0 spiro atoms. The minimum atomic E-state index is -0.186. The fourth-order valence-electron chi connectivity index (χ4n) is 2.65. The Morgan fingerprint density at radius 3 is 3.00 bits per heavy atom. The van der Waals surface area contributed by atoms with Crippen LogP contribution in [0.1, 0.15) is 24.5 Å². The van der Waals surface area contributed by atoms with Crippen molar-refractivity contribution in [2.45, 2.75) is 31.8 Å². The van der Waals surface area contributed by atoms with Gasteiger partial charge in [-0.3, -0.25) is 4.79 Å². The Hall–Kier alpha value is -1.09. The molecule has 2 aliphatic rings. The van der Waals surface area contributed by atoms with Crippen LogP contribution in [0.25, 0.3) is 0 Å². The predicted molar refractivity (Wildman–Crippen MR) is 69.6 cm³/mol. The van der Waals surface area contributed by atoms with E-state index in [-0.39, 0.29) is 17.3 Å². The van der Waals surface area contributed by atoms with E-state index < -0.39 is 0 Å². The normalized spacial score (nSPS) is 30.4. The Labute approximate surface area is 109 Å². The monoisotopic (exact) mass is 292 g/mol. The zero-order valence-corrected chi connectivity index (χ0v) is 11.4. The van der Waals surface area contributed by atoms with Crippen molar-refractivity contribution in [2.24, 2.45) is 0 Å². The highest BCUT2D eigenvalue weighted by molar-refractivity contribution is 9.12. The third-order valence-corrected chi connectivity index (χ3v) is 4.39. The van der Waals surface area contributed by atoms with Crippen LogP contribution in [0.3, 0.4) is 0 Å². The molecule has 17 heavy (non-hydrogen) atoms. The van der Waals surface area contributed by atoms with Crippen molar-refractivity contribution in [1.29, 1.82) is 0 Å². The average Bonchev–Trinajstić information content (AvgIpc) is 2.53. The minimum Gasteiger partial charge on any atom is -0.488 e. The molecule has 0 radical (unpaired) electrons. The summed E-state index contributed by atoms with van der Waals surface area (Å²) in [5.74, 6) is 1.03. The molecule has 1 aliphatic heterocycles. The van der Waals surface area contributed by atoms with Gasteiger partial charge in [-0.05, 0) is 35.8 Å². The second-order valence-electron chi connectivity index (χ2n) is 5.01. The number of carbonyl (C=O) groups is 1. The van der Waals surface area contributed by atoms with Crippen LogP contribution in [0.4, 0.5) is 0 Å². The third kappa shape index (κ3) is 1.48. The summed E-state index contributed by atoms with van der Waals surface area (Å²) in [6, 6.07) is 6.20. The van der Waals surface area contributed by atoms with E-state index in [4.69, 9.17) is 4.74 Å². The van der Waals surface area contributed by atoms with Crippen molar-refractivity contribution in [3.05, 3.63) is 39.9 Å². The number of allylic oxidation sites excluding steroid dienone is 1. The summed E-state index contributed by atoms with van der Waals surface area (Å²) in [7, 11) is 0. The number of hydrogen-bond donors (Lipinski definition) is 0. The largest absolute Gasteiger partial charge is 0.488 e. The second-order valence-corrected chi connectivity index (χ2v) is 5.86. The third-order valence-electron chi connectivity index (χ3n) is 3.72. The van der Waals surface area contributed by atoms with E-state index >= 15 is 0 Å². The van der Waals surface area contributed by atoms with Gasteiger partial charge in [-0.2, -0.15) is 0 Å². The van der Waals surface area contributed by atoms with Crippen molar-refractivity contribution in [1.82, 2.24) is 0 Å². The molecule has 0 fully saturated rings. The number of Topliss-reactive ketones (excluding diaryl/α,β-unsaturated/α-hetero) is 1. The summed E-state index contributed by atoms with van der Waals surface area (Å²) in [4.78, 5) is 11.7. The van der Waals surface area contributed by atoms with E-state index in [0.29, 0.717) is 10.9 Å². The van der Waals surface area contributed by atoms with Crippen LogP contribution in [-0.4, -0.2) is 11.9 Å². The summed E-state index contributed by atoms with van der Waals surface area (Å²) >= 11 is 3.35. The van der Waals surface area contributed by atoms with Crippen molar-refractivity contribution in [3.8, 4) is 5.75 Å². The highest BCUT2D eigenvalue weighted by atomic mass is 79.9. The van der Waals surface area contributed by atoms with Gasteiger partial charge in [0.15, 0.2) is 5.78 Å². The minimum absolute atomic E-state index is 0.0619. The van der Waals surface area contributed by atoms with Gasteiger partial charge in [-0.1, -0.05) is 23.8 Å². The summed E-state index contributed by atoms with van der Waals surface area (Å²) in [5.41, 5.74) is 2.22. The van der Waals surface area contributed by atoms with E-state index in [9.17, 15) is 4.79 Å². The van der Waals surface area contributed by atoms with Gasteiger partial charge in [0, 0.05) is 12.0 Å². The molecular weight excluding hydrogens is 280 g/mol. The Bertz CT molecular complexity index is 547. The van der Waals surface area contributed by atoms with Gasteiger partial charge in [0.25, 0.3) is 0 Å². The molecular formula is C14H13BrO2. The molecule has 1 aromatic carbocycles. The standard InChI is InChI=1S/C14H13BrO2/c1-8-3-4-12-9(5-8)14(2)7-10(15)11(16)6-13(14)17-12/h3-5,7,13H,6H2,1-2H3. The molecule has 3 heteroatoms. The van der Waals surface area contributed by atoms with Crippen molar-refractivity contribution in [3.63, 3.8) is 0 Å². The number of fused-ring (bicyclic) bond motifs is 3. The predicted octanol–water partition coefficient (Wildman–Crippen LogP) is 3.27. The fraction of sp³-hybridized carbons (Fsp3) is 0.357. The summed E-state index contributed by atoms with van der Waals surface area (Å²) in [6.45, 7) is 4.21. The number of rotatable bonds is 0. The lowest BCUT2D eigenvalue weighted by Gasteiger charge is -2.30. The molecule has 0 saturated heterocycles. The number of carbonyl (C=O) groups excluding carboxylic acids is 1. The molecule has 0 aromatic heterocycles. The number of aryl methyl sites for hydroxylation is 1. The first-order valence-electron chi connectivity index (χ1n) is 5.70. The molecule has 3 rings (SSSR count). The van der Waals surface area contributed by atoms with Crippen LogP contribution < -0.4 is 4.74 Å². The molecule has 1 aliphatic carbocycles. The molecule has 1 aromatic rings. The summed E-state index contributed by atoms with van der Waals surface area (Å²) in [6.07, 6.45) is 2.38. The molecule has 0 amide bonds. The number of hydrogen-bond acceptors (Lipinski definition) is 2. The van der Waals surface area contributed by atoms with Crippen LogP contribution in [0.2, 0.25) is 0 Å². The zero-order chi connectivity index (χ0) is 12.2. The molecule has 0 saturated carbocycles. The molecule has 2 unspecified atom stereocenters. The van der Waals surface area contributed by atoms with Gasteiger partial charge in [-0.15, -0.1) is 0 Å². The van der Waals surface area contributed by atoms with E-state index in [1.54, 1.807) is 0 Å². The maximum absolute atomic E-state index is 11.7. The summed E-state index contributed by atoms with van der Waals surface area (Å²) < 4.78 is 6.58. The lowest BCUT2D eigenvalue weighted by molar-refractivity contribution is -0.117. The Balaban J connectivity index is 2.19. The van der Waals surface area contributed by atoms with Gasteiger partial charge >= 0.3 is 0 Å². The van der Waals surface area contributed by atoms with E-state index in [1.165, 1.54) is 11.1 Å². The van der Waals surface area contributed by atoms with Crippen LogP contribution in [0.5, 0.6) is 5.75 Å². The van der Waals surface area contributed by atoms with Crippen LogP contribution in [0, 0.1) is 6.92 Å². The molecule has 1 heterocycles. The van der Waals surface area contributed by atoms with Crippen LogP contribution >= 0.6 is 15.9 Å². The first-order chi connectivity index (χ1) is 8.00. The maximum Gasteiger partial charge on any atom is 0.173 e. The highest BCUT2D eigenvalue weighted by Gasteiger charge is 2.47. The average molecular weight is 293 g/mol. The summed E-state index contributed by atoms with van der Waals surface area (Å²) in [5, 5.41) is 0. The lowest BCUT2D eigenvalue weighted by atomic mass is 9.74. The number of ether oxygens (including phenoxy) is 1. The molecule has 2 nitrogen and oxygen atoms in total. The van der Waals surface area contributed by atoms with E-state index in [1.807, 2.05) is 18.2 Å². The first-order valence-corrected chi connectivity index (χ1v) is 6.49. The van der Waals surface area contributed by atoms with Crippen molar-refractivity contribution < 1.29 is 9.53 Å². The molecule has 88 valence electrons. The second kappa shape index (κ2) is 3.45. The Kier molecular flexibility index (Phi) is 2.24. The zero-order valence-electron chi connectivity index (χ0n) is 9.79. The smallest absolute Gasteiger partial charge is 0.173 e. The van der Waals surface area contributed by atoms with Gasteiger partial charge in [0.1, 0.15) is 11.9 Å². The van der Waals surface area contributed by atoms with Crippen molar-refractivity contribution >= 4 is 21.7 Å². The van der Waals surface area contributed by atoms with Crippen molar-refractivity contribution in [2.75, 3.05) is 0 Å². The van der Waals surface area contributed by atoms with Gasteiger partial charge in [-0.25, -0.2) is 0 Å². The van der Waals surface area contributed by atoms with E-state index in [2.05, 4.69) is 35.8 Å². The topological polar surface area (TPSA) is 26.3 Å². The molecule has 0 bridgehead atoms. The maximum atomic E-state index is 11.7. The lowest BCUT2D eigenvalue weighted by Crippen LogP contribution is -2.39. The van der Waals surface area contributed by atoms with Gasteiger partial charge in [0.2, 0.25) is 0 Å². The Morgan fingerprint density at radius 2 is 2.24 bits per heavy atom. The number of halogens is 1. The molecule has 0 N–H and O–H groups in total. The van der Waals surface area contributed by atoms with Crippen LogP contribution in [-0.2, 0) is 10.2 Å². The number of ketones is 1. The van der Waals surface area contributed by atoms with Gasteiger partial charge in [0.05, 0.1) is 9.90 Å². The van der Waals surface area contributed by atoms with Crippen LogP contribution in [0.15, 0.2) is 28.8 Å². The fourth-order valence-corrected chi connectivity index (χ4v) is 3.29. The van der Waals surface area contributed by atoms with E-state index in [0.717, 1.165) is 5.75 Å².